The Morgan fingerprint density at radius 3 is 2.64 bits per heavy atom. The van der Waals surface area contributed by atoms with Crippen LogP contribution in [0.2, 0.25) is 0 Å². The molecule has 22 heavy (non-hydrogen) atoms. The van der Waals surface area contributed by atoms with Gasteiger partial charge in [0.25, 0.3) is 0 Å². The second-order valence-electron chi connectivity index (χ2n) is 4.88. The summed E-state index contributed by atoms with van der Waals surface area (Å²) in [5.41, 5.74) is 12.5. The van der Waals surface area contributed by atoms with Crippen LogP contribution in [0.5, 0.6) is 0 Å². The maximum absolute atomic E-state index is 5.55. The van der Waals surface area contributed by atoms with Crippen molar-refractivity contribution in [2.75, 3.05) is 11.2 Å². The van der Waals surface area contributed by atoms with Crippen molar-refractivity contribution in [2.45, 2.75) is 13.8 Å². The highest BCUT2D eigenvalue weighted by Gasteiger charge is 2.03. The van der Waals surface area contributed by atoms with Gasteiger partial charge in [0.05, 0.1) is 17.6 Å². The predicted molar refractivity (Wildman–Crippen MR) is 90.8 cm³/mol. The van der Waals surface area contributed by atoms with Crippen molar-refractivity contribution in [3.63, 3.8) is 0 Å². The number of thiazole rings is 1. The van der Waals surface area contributed by atoms with E-state index in [0.717, 1.165) is 22.6 Å². The van der Waals surface area contributed by atoms with E-state index in [0.29, 0.717) is 10.9 Å². The number of hydrogen-bond donors (Lipinski definition) is 2. The largest absolute Gasteiger partial charge is 0.383 e. The minimum Gasteiger partial charge on any atom is -0.383 e. The number of rotatable bonds is 4. The van der Waals surface area contributed by atoms with Crippen LogP contribution < -0.4 is 11.2 Å². The Labute approximate surface area is 132 Å². The second kappa shape index (κ2) is 5.98. The Hall–Kier alpha value is -2.67. The van der Waals surface area contributed by atoms with Crippen LogP contribution in [0.1, 0.15) is 17.0 Å². The number of nitrogen functional groups attached to an aromatic ring is 1. The maximum atomic E-state index is 5.55. The van der Waals surface area contributed by atoms with Crippen LogP contribution in [-0.4, -0.2) is 21.0 Å². The topological polar surface area (TPSA) is 81.1 Å². The standard InChI is InChI=1S/C15H16N6S/c1-10-7-11(2)21(20-10)13-5-3-12(4-6-13)8-17-19-15-18-14(16)9-22-15/h3-9H,16H2,1-2H3,(H,18,19). The maximum Gasteiger partial charge on any atom is 0.205 e. The molecule has 3 rings (SSSR count). The van der Waals surface area contributed by atoms with Gasteiger partial charge < -0.3 is 5.73 Å². The number of aromatic nitrogens is 3. The molecule has 0 atom stereocenters. The number of anilines is 2. The quantitative estimate of drug-likeness (QED) is 0.573. The summed E-state index contributed by atoms with van der Waals surface area (Å²) in [4.78, 5) is 4.07. The molecule has 112 valence electrons. The highest BCUT2D eigenvalue weighted by Crippen LogP contribution is 2.16. The van der Waals surface area contributed by atoms with Gasteiger partial charge in [-0.1, -0.05) is 12.1 Å². The molecule has 0 saturated heterocycles. The van der Waals surface area contributed by atoms with Crippen LogP contribution in [-0.2, 0) is 0 Å². The highest BCUT2D eigenvalue weighted by molar-refractivity contribution is 7.14. The molecule has 1 aromatic carbocycles. The fourth-order valence-corrected chi connectivity index (χ4v) is 2.64. The number of aryl methyl sites for hydroxylation is 2. The van der Waals surface area contributed by atoms with E-state index >= 15 is 0 Å². The Bertz CT molecular complexity index is 800. The van der Waals surface area contributed by atoms with E-state index in [1.165, 1.54) is 11.3 Å². The number of nitrogens with two attached hydrogens (primary N) is 1. The van der Waals surface area contributed by atoms with E-state index in [9.17, 15) is 0 Å². The van der Waals surface area contributed by atoms with Crippen molar-refractivity contribution in [2.24, 2.45) is 5.10 Å². The average Bonchev–Trinajstić information content (AvgIpc) is 3.05. The molecule has 7 heteroatoms. The van der Waals surface area contributed by atoms with E-state index in [-0.39, 0.29) is 0 Å². The fourth-order valence-electron chi connectivity index (χ4n) is 2.09. The Morgan fingerprint density at radius 2 is 2.05 bits per heavy atom. The molecule has 0 aliphatic carbocycles. The molecule has 0 aliphatic rings. The Morgan fingerprint density at radius 1 is 1.27 bits per heavy atom. The van der Waals surface area contributed by atoms with E-state index in [4.69, 9.17) is 5.73 Å². The predicted octanol–water partition coefficient (Wildman–Crippen LogP) is 2.97. The third-order valence-corrected chi connectivity index (χ3v) is 3.81. The summed E-state index contributed by atoms with van der Waals surface area (Å²) in [7, 11) is 0. The smallest absolute Gasteiger partial charge is 0.205 e. The van der Waals surface area contributed by atoms with Crippen LogP contribution in [0.25, 0.3) is 5.69 Å². The van der Waals surface area contributed by atoms with E-state index in [2.05, 4.69) is 26.7 Å². The van der Waals surface area contributed by atoms with Crippen LogP contribution in [0.15, 0.2) is 40.8 Å². The number of nitrogens with one attached hydrogen (secondary N) is 1. The molecule has 0 saturated carbocycles. The molecule has 0 amide bonds. The van der Waals surface area contributed by atoms with Crippen LogP contribution in [0.4, 0.5) is 10.9 Å². The Kier molecular flexibility index (Phi) is 3.88. The van der Waals surface area contributed by atoms with Crippen molar-refractivity contribution in [3.05, 3.63) is 52.7 Å². The summed E-state index contributed by atoms with van der Waals surface area (Å²) in [5, 5.41) is 11.0. The molecule has 0 spiro atoms. The molecule has 0 unspecified atom stereocenters. The lowest BCUT2D eigenvalue weighted by Gasteiger charge is -2.04. The first kappa shape index (κ1) is 14.3. The van der Waals surface area contributed by atoms with Crippen LogP contribution in [0.3, 0.4) is 0 Å². The van der Waals surface area contributed by atoms with Gasteiger partial charge in [-0.25, -0.2) is 9.67 Å². The molecule has 0 fully saturated rings. The molecular weight excluding hydrogens is 296 g/mol. The molecule has 2 aromatic heterocycles. The molecule has 0 aliphatic heterocycles. The van der Waals surface area contributed by atoms with Crippen molar-refractivity contribution in [1.82, 2.24) is 14.8 Å². The number of hydrogen-bond acceptors (Lipinski definition) is 6. The molecular formula is C15H16N6S. The molecule has 0 bridgehead atoms. The summed E-state index contributed by atoms with van der Waals surface area (Å²) < 4.78 is 1.92. The van der Waals surface area contributed by atoms with E-state index in [1.54, 1.807) is 11.6 Å². The monoisotopic (exact) mass is 312 g/mol. The molecule has 6 nitrogen and oxygen atoms in total. The molecule has 2 heterocycles. The van der Waals surface area contributed by atoms with Gasteiger partial charge in [-0.15, -0.1) is 11.3 Å². The number of benzene rings is 1. The summed E-state index contributed by atoms with van der Waals surface area (Å²) in [5.74, 6) is 0.497. The third kappa shape index (κ3) is 3.15. The second-order valence-corrected chi connectivity index (χ2v) is 5.74. The fraction of sp³-hybridized carbons (Fsp3) is 0.133. The van der Waals surface area contributed by atoms with Gasteiger partial charge in [0, 0.05) is 11.1 Å². The average molecular weight is 312 g/mol. The van der Waals surface area contributed by atoms with E-state index in [1.807, 2.05) is 42.8 Å². The van der Waals surface area contributed by atoms with Gasteiger partial charge in [0.1, 0.15) is 5.82 Å². The van der Waals surface area contributed by atoms with Crippen molar-refractivity contribution in [1.29, 1.82) is 0 Å². The zero-order valence-corrected chi connectivity index (χ0v) is 13.1. The van der Waals surface area contributed by atoms with Crippen molar-refractivity contribution >= 4 is 28.5 Å². The number of nitrogens with zero attached hydrogens (tertiary/aromatic N) is 4. The zero-order chi connectivity index (χ0) is 15.5. The van der Waals surface area contributed by atoms with Gasteiger partial charge in [0.2, 0.25) is 5.13 Å². The Balaban J connectivity index is 1.70. The molecule has 3 N–H and O–H groups in total. The van der Waals surface area contributed by atoms with Crippen molar-refractivity contribution < 1.29 is 0 Å². The molecule has 0 radical (unpaired) electrons. The van der Waals surface area contributed by atoms with Gasteiger partial charge in [-0.3, -0.25) is 5.43 Å². The van der Waals surface area contributed by atoms with Gasteiger partial charge in [-0.05, 0) is 37.6 Å². The lowest BCUT2D eigenvalue weighted by Crippen LogP contribution is -1.99. The first-order valence-electron chi connectivity index (χ1n) is 6.75. The van der Waals surface area contributed by atoms with Crippen molar-refractivity contribution in [3.8, 4) is 5.69 Å². The van der Waals surface area contributed by atoms with Gasteiger partial charge >= 0.3 is 0 Å². The lowest BCUT2D eigenvalue weighted by molar-refractivity contribution is 0.833. The summed E-state index contributed by atoms with van der Waals surface area (Å²) >= 11 is 1.42. The lowest BCUT2D eigenvalue weighted by atomic mass is 10.2. The minimum absolute atomic E-state index is 0.497. The summed E-state index contributed by atoms with van der Waals surface area (Å²) in [6.45, 7) is 4.03. The van der Waals surface area contributed by atoms with Gasteiger partial charge in [-0.2, -0.15) is 10.2 Å². The highest BCUT2D eigenvalue weighted by atomic mass is 32.1. The zero-order valence-electron chi connectivity index (χ0n) is 12.3. The third-order valence-electron chi connectivity index (χ3n) is 3.04. The van der Waals surface area contributed by atoms with E-state index < -0.39 is 0 Å². The first-order valence-corrected chi connectivity index (χ1v) is 7.63. The SMILES string of the molecule is Cc1cc(C)n(-c2ccc(C=NNc3nc(N)cs3)cc2)n1. The molecule has 3 aromatic rings. The summed E-state index contributed by atoms with van der Waals surface area (Å²) in [6.07, 6.45) is 1.74. The minimum atomic E-state index is 0.497. The van der Waals surface area contributed by atoms with Gasteiger partial charge in [0.15, 0.2) is 0 Å². The number of hydrazone groups is 1. The summed E-state index contributed by atoms with van der Waals surface area (Å²) in [6, 6.07) is 10.1. The normalized spacial score (nSPS) is 11.2. The van der Waals surface area contributed by atoms with Crippen LogP contribution in [0, 0.1) is 13.8 Å². The first-order chi connectivity index (χ1) is 10.6. The van der Waals surface area contributed by atoms with Crippen LogP contribution >= 0.6 is 11.3 Å².